The first-order chi connectivity index (χ1) is 11.1. The summed E-state index contributed by atoms with van der Waals surface area (Å²) in [6.07, 6.45) is 5.69. The van der Waals surface area contributed by atoms with E-state index in [1.165, 1.54) is 49.5 Å². The number of benzene rings is 1. The van der Waals surface area contributed by atoms with Crippen LogP contribution in [0, 0.1) is 23.1 Å². The molecular weight excluding hydrogens is 309 g/mol. The van der Waals surface area contributed by atoms with E-state index in [9.17, 15) is 9.18 Å². The van der Waals surface area contributed by atoms with Gasteiger partial charge in [0.15, 0.2) is 0 Å². The summed E-state index contributed by atoms with van der Waals surface area (Å²) in [5.74, 6) is -0.786. The average molecular weight is 332 g/mol. The molecule has 0 unspecified atom stereocenters. The molecule has 123 valence electrons. The van der Waals surface area contributed by atoms with Crippen LogP contribution in [0.15, 0.2) is 18.2 Å². The molecule has 1 aromatic rings. The Labute approximate surface area is 139 Å². The number of nitriles is 1. The molecule has 1 aliphatic heterocycles. The first-order valence-corrected chi connectivity index (χ1v) is 10.5. The van der Waals surface area contributed by atoms with Gasteiger partial charge in [0.2, 0.25) is 0 Å². The molecule has 1 heterocycles. The van der Waals surface area contributed by atoms with E-state index in [0.29, 0.717) is 0 Å². The minimum Gasteiger partial charge on any atom is -0.426 e. The third kappa shape index (κ3) is 5.17. The summed E-state index contributed by atoms with van der Waals surface area (Å²) in [7, 11) is -0.277. The van der Waals surface area contributed by atoms with Crippen LogP contribution in [0.5, 0.6) is 5.75 Å². The summed E-state index contributed by atoms with van der Waals surface area (Å²) < 4.78 is 18.8. The Kier molecular flexibility index (Phi) is 6.78. The molecule has 3 nitrogen and oxygen atoms in total. The highest BCUT2D eigenvalue weighted by molar-refractivity contribution is 6.59. The number of halogens is 1. The molecule has 1 aliphatic rings. The summed E-state index contributed by atoms with van der Waals surface area (Å²) in [6, 6.07) is 9.39. The lowest BCUT2D eigenvalue weighted by atomic mass is 10.0. The second kappa shape index (κ2) is 8.83. The molecule has 1 saturated heterocycles. The number of unbranched alkanes of at least 4 members (excludes halogenated alkanes) is 2. The van der Waals surface area contributed by atoms with E-state index in [4.69, 9.17) is 10.00 Å². The normalized spacial score (nSPS) is 16.0. The topological polar surface area (TPSA) is 50.1 Å². The largest absolute Gasteiger partial charge is 0.426 e. The van der Waals surface area contributed by atoms with Gasteiger partial charge in [-0.15, -0.1) is 0 Å². The third-order valence-corrected chi connectivity index (χ3v) is 7.49. The Morgan fingerprint density at radius 1 is 1.39 bits per heavy atom. The fraction of sp³-hybridized carbons (Fsp3) is 0.556. The number of carbonyl (C=O) groups excluding carboxylic acids is 1. The summed E-state index contributed by atoms with van der Waals surface area (Å²) in [5.41, 5.74) is -0.0400. The Hall–Kier alpha value is -1.67. The number of carbonyl (C=O) groups is 1. The van der Waals surface area contributed by atoms with Gasteiger partial charge in [0, 0.05) is 14.9 Å². The number of nitrogens with zero attached hydrogens (tertiary/aromatic N) is 1. The van der Waals surface area contributed by atoms with E-state index in [1.807, 2.05) is 0 Å². The van der Waals surface area contributed by atoms with E-state index in [1.54, 1.807) is 6.07 Å². The predicted octanol–water partition coefficient (Wildman–Crippen LogP) is 4.70. The van der Waals surface area contributed by atoms with Crippen LogP contribution in [0.4, 0.5) is 4.39 Å². The van der Waals surface area contributed by atoms with Crippen molar-refractivity contribution in [1.82, 2.24) is 0 Å². The van der Waals surface area contributed by atoms with Crippen LogP contribution in [-0.2, 0) is 4.79 Å². The van der Waals surface area contributed by atoms with Gasteiger partial charge in [-0.2, -0.15) is 5.26 Å². The summed E-state index contributed by atoms with van der Waals surface area (Å²) >= 11 is 0. The molecule has 1 radical (unpaired) electrons. The van der Waals surface area contributed by atoms with Gasteiger partial charge in [0.25, 0.3) is 0 Å². The minimum absolute atomic E-state index is 0.0400. The number of esters is 1. The molecule has 1 aromatic carbocycles. The Morgan fingerprint density at radius 3 is 2.74 bits per heavy atom. The monoisotopic (exact) mass is 332 g/mol. The van der Waals surface area contributed by atoms with E-state index in [0.717, 1.165) is 18.9 Å². The maximum absolute atomic E-state index is 13.5. The van der Waals surface area contributed by atoms with Crippen molar-refractivity contribution in [2.75, 3.05) is 0 Å². The molecule has 0 bridgehead atoms. The van der Waals surface area contributed by atoms with Crippen LogP contribution in [0.25, 0.3) is 0 Å². The van der Waals surface area contributed by atoms with Gasteiger partial charge in [0.1, 0.15) is 17.6 Å². The molecule has 0 atom stereocenters. The summed E-state index contributed by atoms with van der Waals surface area (Å²) in [4.78, 5) is 12.2. The first kappa shape index (κ1) is 17.7. The Morgan fingerprint density at radius 2 is 2.13 bits per heavy atom. The quantitative estimate of drug-likeness (QED) is 0.328. The average Bonchev–Trinajstić information content (AvgIpc) is 2.56. The molecule has 0 aliphatic carbocycles. The Bertz CT molecular complexity index is 577. The van der Waals surface area contributed by atoms with Crippen molar-refractivity contribution < 1.29 is 13.9 Å². The van der Waals surface area contributed by atoms with Crippen LogP contribution in [0.2, 0.25) is 18.1 Å². The zero-order valence-electron chi connectivity index (χ0n) is 13.6. The minimum atomic E-state index is -0.650. The van der Waals surface area contributed by atoms with Crippen molar-refractivity contribution in [2.24, 2.45) is 5.92 Å². The van der Waals surface area contributed by atoms with Gasteiger partial charge < -0.3 is 4.74 Å². The molecule has 1 fully saturated rings. The van der Waals surface area contributed by atoms with Crippen molar-refractivity contribution in [3.8, 4) is 11.8 Å². The molecule has 0 N–H and O–H groups in total. The van der Waals surface area contributed by atoms with Gasteiger partial charge in [-0.1, -0.05) is 44.3 Å². The second-order valence-electron chi connectivity index (χ2n) is 6.16. The van der Waals surface area contributed by atoms with Crippen LogP contribution < -0.4 is 4.74 Å². The third-order valence-electron chi connectivity index (χ3n) is 4.44. The molecule has 23 heavy (non-hydrogen) atoms. The molecule has 5 heteroatoms. The first-order valence-electron chi connectivity index (χ1n) is 8.39. The van der Waals surface area contributed by atoms with Crippen molar-refractivity contribution in [2.45, 2.75) is 57.2 Å². The van der Waals surface area contributed by atoms with Gasteiger partial charge >= 0.3 is 5.97 Å². The Balaban J connectivity index is 1.81. The number of rotatable bonds is 6. The second-order valence-corrected chi connectivity index (χ2v) is 9.16. The van der Waals surface area contributed by atoms with Crippen LogP contribution >= 0.6 is 0 Å². The highest BCUT2D eigenvalue weighted by Crippen LogP contribution is 2.29. The fourth-order valence-electron chi connectivity index (χ4n) is 2.99. The maximum Gasteiger partial charge on any atom is 0.314 e. The molecule has 0 amide bonds. The SMILES string of the molecule is CCCCC[Si]1CCC(C(=O)Oc2ccc(C#N)c(F)c2)CC1. The fourth-order valence-corrected chi connectivity index (χ4v) is 6.00. The number of hydrogen-bond donors (Lipinski definition) is 0. The molecule has 0 saturated carbocycles. The van der Waals surface area contributed by atoms with Gasteiger partial charge in [-0.05, 0) is 25.0 Å². The van der Waals surface area contributed by atoms with Gasteiger partial charge in [-0.25, -0.2) is 4.39 Å². The highest BCUT2D eigenvalue weighted by Gasteiger charge is 2.28. The van der Waals surface area contributed by atoms with E-state index < -0.39 is 5.82 Å². The smallest absolute Gasteiger partial charge is 0.314 e. The molecule has 0 spiro atoms. The van der Waals surface area contributed by atoms with E-state index in [2.05, 4.69) is 6.92 Å². The van der Waals surface area contributed by atoms with E-state index >= 15 is 0 Å². The number of ether oxygens (including phenoxy) is 1. The van der Waals surface area contributed by atoms with Crippen LogP contribution in [0.3, 0.4) is 0 Å². The zero-order valence-corrected chi connectivity index (χ0v) is 14.6. The molecule has 0 aromatic heterocycles. The lowest BCUT2D eigenvalue weighted by molar-refractivity contribution is -0.139. The lowest BCUT2D eigenvalue weighted by Crippen LogP contribution is -2.28. The van der Waals surface area contributed by atoms with Crippen molar-refractivity contribution in [1.29, 1.82) is 5.26 Å². The summed E-state index contributed by atoms with van der Waals surface area (Å²) in [6.45, 7) is 2.22. The van der Waals surface area contributed by atoms with Crippen LogP contribution in [0.1, 0.15) is 44.6 Å². The van der Waals surface area contributed by atoms with Crippen LogP contribution in [-0.4, -0.2) is 14.8 Å². The highest BCUT2D eigenvalue weighted by atomic mass is 28.3. The van der Waals surface area contributed by atoms with Gasteiger partial charge in [-0.3, -0.25) is 4.79 Å². The number of hydrogen-bond acceptors (Lipinski definition) is 3. The predicted molar refractivity (Wildman–Crippen MR) is 89.2 cm³/mol. The van der Waals surface area contributed by atoms with Crippen molar-refractivity contribution in [3.05, 3.63) is 29.6 Å². The molecule has 2 rings (SSSR count). The zero-order chi connectivity index (χ0) is 16.7. The molecular formula is C18H23FNO2Si. The summed E-state index contributed by atoms with van der Waals surface area (Å²) in [5, 5.41) is 8.70. The van der Waals surface area contributed by atoms with E-state index in [-0.39, 0.29) is 32.0 Å². The van der Waals surface area contributed by atoms with Crippen molar-refractivity contribution >= 4 is 14.8 Å². The standard InChI is InChI=1S/C18H23FNO2Si/c1-2-3-4-9-23-10-7-14(8-11-23)18(21)22-16-6-5-15(13-20)17(19)12-16/h5-6,12,14H,2-4,7-11H2,1H3. The maximum atomic E-state index is 13.5. The lowest BCUT2D eigenvalue weighted by Gasteiger charge is -2.26. The van der Waals surface area contributed by atoms with Gasteiger partial charge in [0.05, 0.1) is 11.5 Å². The van der Waals surface area contributed by atoms with Crippen molar-refractivity contribution in [3.63, 3.8) is 0 Å².